The maximum atomic E-state index is 6.15. The summed E-state index contributed by atoms with van der Waals surface area (Å²) >= 11 is 0. The molecule has 0 radical (unpaired) electrons. The molecule has 5 aromatic rings. The molecule has 0 saturated carbocycles. The van der Waals surface area contributed by atoms with Gasteiger partial charge < -0.3 is 9.47 Å². The number of fused-ring (bicyclic) bond motifs is 4. The summed E-state index contributed by atoms with van der Waals surface area (Å²) in [7, 11) is 0. The summed E-state index contributed by atoms with van der Waals surface area (Å²) in [6.07, 6.45) is 4.21. The van der Waals surface area contributed by atoms with Gasteiger partial charge in [0, 0.05) is 29.5 Å². The maximum absolute atomic E-state index is 6.15. The number of aryl methyl sites for hydroxylation is 2. The second kappa shape index (κ2) is 7.88. The van der Waals surface area contributed by atoms with Crippen LogP contribution in [0.2, 0.25) is 0 Å². The van der Waals surface area contributed by atoms with Crippen molar-refractivity contribution in [2.24, 2.45) is 0 Å². The molecule has 4 nitrogen and oxygen atoms in total. The van der Waals surface area contributed by atoms with Crippen molar-refractivity contribution in [3.63, 3.8) is 0 Å². The maximum Gasteiger partial charge on any atom is 0.245 e. The highest BCUT2D eigenvalue weighted by Gasteiger charge is 2.29. The van der Waals surface area contributed by atoms with E-state index in [1.165, 1.54) is 55.2 Å². The van der Waals surface area contributed by atoms with Crippen LogP contribution in [0.3, 0.4) is 0 Å². The van der Waals surface area contributed by atoms with Crippen LogP contribution in [0.15, 0.2) is 67.0 Å². The molecule has 0 aliphatic carbocycles. The number of nitrogens with zero attached hydrogens (tertiary/aromatic N) is 2. The third-order valence-electron chi connectivity index (χ3n) is 7.74. The first-order valence-corrected chi connectivity index (χ1v) is 12.5. The minimum Gasteiger partial charge on any atom is -0.493 e. The van der Waals surface area contributed by atoms with Gasteiger partial charge in [0.05, 0.1) is 13.2 Å². The average molecular weight is 462 g/mol. The summed E-state index contributed by atoms with van der Waals surface area (Å²) < 4.78 is 16.9. The minimum absolute atomic E-state index is 0.762. The lowest BCUT2D eigenvalue weighted by atomic mass is 9.99. The highest BCUT2D eigenvalue weighted by molar-refractivity contribution is 5.83. The molecule has 0 amide bonds. The van der Waals surface area contributed by atoms with Crippen molar-refractivity contribution in [3.05, 3.63) is 100 Å². The predicted octanol–water partition coefficient (Wildman–Crippen LogP) is 5.67. The van der Waals surface area contributed by atoms with E-state index in [0.717, 1.165) is 50.6 Å². The van der Waals surface area contributed by atoms with Crippen molar-refractivity contribution in [2.45, 2.75) is 39.8 Å². The highest BCUT2D eigenvalue weighted by atomic mass is 16.5. The molecule has 0 fully saturated rings. The van der Waals surface area contributed by atoms with Crippen LogP contribution < -0.4 is 14.0 Å². The first kappa shape index (κ1) is 20.6. The zero-order valence-corrected chi connectivity index (χ0v) is 20.3. The van der Waals surface area contributed by atoms with E-state index >= 15 is 0 Å². The largest absolute Gasteiger partial charge is 0.493 e. The molecule has 4 heteroatoms. The zero-order valence-electron chi connectivity index (χ0n) is 20.3. The van der Waals surface area contributed by atoms with Crippen LogP contribution >= 0.6 is 0 Å². The van der Waals surface area contributed by atoms with Gasteiger partial charge in [-0.25, -0.2) is 9.13 Å². The first-order valence-electron chi connectivity index (χ1n) is 12.5. The van der Waals surface area contributed by atoms with Gasteiger partial charge in [-0.15, -0.1) is 0 Å². The first-order chi connectivity index (χ1) is 17.1. The number of rotatable bonds is 4. The second-order valence-electron chi connectivity index (χ2n) is 9.99. The summed E-state index contributed by atoms with van der Waals surface area (Å²) in [5.74, 6) is 2.14. The predicted molar refractivity (Wildman–Crippen MR) is 139 cm³/mol. The Balaban J connectivity index is 1.35. The second-order valence-corrected chi connectivity index (χ2v) is 9.99. The lowest BCUT2D eigenvalue weighted by Gasteiger charge is -2.11. The number of hydrogen-bond donors (Lipinski definition) is 0. The van der Waals surface area contributed by atoms with Crippen molar-refractivity contribution >= 4 is 21.8 Å². The van der Waals surface area contributed by atoms with E-state index in [-0.39, 0.29) is 0 Å². The van der Waals surface area contributed by atoms with Gasteiger partial charge in [0.15, 0.2) is 11.0 Å². The third kappa shape index (κ3) is 3.39. The number of hydrogen-bond acceptors (Lipinski definition) is 2. The van der Waals surface area contributed by atoms with Gasteiger partial charge in [0.1, 0.15) is 24.6 Å². The van der Waals surface area contributed by atoms with E-state index < -0.39 is 0 Å². The van der Waals surface area contributed by atoms with E-state index in [1.54, 1.807) is 0 Å². The Bertz CT molecular complexity index is 1600. The molecule has 0 unspecified atom stereocenters. The van der Waals surface area contributed by atoms with E-state index in [1.807, 2.05) is 0 Å². The molecule has 35 heavy (non-hydrogen) atoms. The van der Waals surface area contributed by atoms with Crippen LogP contribution in [0, 0.1) is 13.8 Å². The quantitative estimate of drug-likeness (QED) is 0.323. The molecule has 2 aliphatic heterocycles. The summed E-state index contributed by atoms with van der Waals surface area (Å²) in [5, 5.41) is 2.57. The Labute approximate surface area is 205 Å². The van der Waals surface area contributed by atoms with E-state index in [4.69, 9.17) is 9.47 Å². The van der Waals surface area contributed by atoms with Gasteiger partial charge in [-0.05, 0) is 65.6 Å². The van der Waals surface area contributed by atoms with Gasteiger partial charge in [-0.1, -0.05) is 36.4 Å². The highest BCUT2D eigenvalue weighted by Crippen LogP contribution is 2.41. The van der Waals surface area contributed by atoms with Gasteiger partial charge in [0.2, 0.25) is 6.33 Å². The molecule has 0 N–H and O–H groups in total. The fourth-order valence-electron chi connectivity index (χ4n) is 5.75. The van der Waals surface area contributed by atoms with Crippen molar-refractivity contribution in [2.75, 3.05) is 13.2 Å². The monoisotopic (exact) mass is 461 g/mol. The van der Waals surface area contributed by atoms with Crippen molar-refractivity contribution in [1.29, 1.82) is 0 Å². The van der Waals surface area contributed by atoms with Crippen LogP contribution in [-0.2, 0) is 25.9 Å². The molecule has 4 aromatic carbocycles. The summed E-state index contributed by atoms with van der Waals surface area (Å²) in [6, 6.07) is 22.2. The number of imidazole rings is 1. The summed E-state index contributed by atoms with van der Waals surface area (Å²) in [5.41, 5.74) is 10.4. The molecular weight excluding hydrogens is 432 g/mol. The fraction of sp³-hybridized carbons (Fsp3) is 0.258. The normalized spacial score (nSPS) is 14.2. The van der Waals surface area contributed by atoms with Gasteiger partial charge >= 0.3 is 0 Å². The average Bonchev–Trinajstić information content (AvgIpc) is 3.59. The van der Waals surface area contributed by atoms with Crippen LogP contribution in [0.4, 0.5) is 0 Å². The Kier molecular flexibility index (Phi) is 4.63. The lowest BCUT2D eigenvalue weighted by Crippen LogP contribution is -2.33. The summed E-state index contributed by atoms with van der Waals surface area (Å²) in [6.45, 7) is 7.55. The van der Waals surface area contributed by atoms with Gasteiger partial charge in [0.25, 0.3) is 0 Å². The van der Waals surface area contributed by atoms with E-state index in [2.05, 4.69) is 90.0 Å². The molecule has 0 bridgehead atoms. The third-order valence-corrected chi connectivity index (χ3v) is 7.74. The molecule has 7 rings (SSSR count). The van der Waals surface area contributed by atoms with Crippen LogP contribution in [0.25, 0.3) is 21.8 Å². The standard InChI is InChI=1S/C31H29N2O2/c1-20-13-28-29(14-21(20)2)33(18-27-26-10-12-34-30(26)16-25-9-11-35-31(25)27)19-32(28)17-22-7-8-23-5-3-4-6-24(23)15-22/h3-8,13-16,19H,9-12,17-18H2,1-2H3/q+1. The smallest absolute Gasteiger partial charge is 0.245 e. The Morgan fingerprint density at radius 1 is 0.857 bits per heavy atom. The van der Waals surface area contributed by atoms with E-state index in [0.29, 0.717) is 0 Å². The Hall–Kier alpha value is -3.79. The Morgan fingerprint density at radius 2 is 1.69 bits per heavy atom. The number of aromatic nitrogens is 2. The van der Waals surface area contributed by atoms with Crippen molar-refractivity contribution in [1.82, 2.24) is 4.57 Å². The summed E-state index contributed by atoms with van der Waals surface area (Å²) in [4.78, 5) is 0. The van der Waals surface area contributed by atoms with Gasteiger partial charge in [-0.2, -0.15) is 0 Å². The molecule has 2 aliphatic rings. The molecular formula is C31H29N2O2+. The minimum atomic E-state index is 0.762. The molecule has 0 spiro atoms. The van der Waals surface area contributed by atoms with Crippen molar-refractivity contribution in [3.8, 4) is 11.5 Å². The van der Waals surface area contributed by atoms with Gasteiger partial charge in [-0.3, -0.25) is 0 Å². The van der Waals surface area contributed by atoms with Crippen LogP contribution in [-0.4, -0.2) is 17.8 Å². The van der Waals surface area contributed by atoms with Crippen LogP contribution in [0.5, 0.6) is 11.5 Å². The number of ether oxygens (including phenoxy) is 2. The SMILES string of the molecule is Cc1cc2c(cc1C)[n+](Cc1ccc3ccccc3c1)cn2Cc1c2c(cc3c1OCC3)OCC2. The lowest BCUT2D eigenvalue weighted by molar-refractivity contribution is -0.663. The molecule has 0 saturated heterocycles. The van der Waals surface area contributed by atoms with Crippen molar-refractivity contribution < 1.29 is 14.0 Å². The topological polar surface area (TPSA) is 27.3 Å². The fourth-order valence-corrected chi connectivity index (χ4v) is 5.75. The Morgan fingerprint density at radius 3 is 2.60 bits per heavy atom. The zero-order chi connectivity index (χ0) is 23.5. The molecule has 174 valence electrons. The molecule has 0 atom stereocenters. The molecule has 3 heterocycles. The van der Waals surface area contributed by atoms with E-state index in [9.17, 15) is 0 Å². The number of benzene rings is 4. The van der Waals surface area contributed by atoms with Crippen LogP contribution in [0.1, 0.15) is 33.4 Å². The molecule has 1 aromatic heterocycles.